The Morgan fingerprint density at radius 1 is 0.789 bits per heavy atom. The number of nitrogens with one attached hydrogen (secondary N) is 2. The fraction of sp³-hybridized carbons (Fsp3) is 0.286. The summed E-state index contributed by atoms with van der Waals surface area (Å²) in [6.45, 7) is 5.86. The second-order valence-electron chi connectivity index (χ2n) is 8.18. The molecule has 200 valence electrons. The number of rotatable bonds is 10. The first kappa shape index (κ1) is 28.0. The number of ether oxygens (including phenoxy) is 4. The van der Waals surface area contributed by atoms with Crippen molar-refractivity contribution < 1.29 is 38.1 Å². The van der Waals surface area contributed by atoms with E-state index in [1.807, 2.05) is 18.2 Å². The number of carbonyl (C=O) groups is 4. The molecule has 0 bridgehead atoms. The molecule has 1 aliphatic heterocycles. The van der Waals surface area contributed by atoms with Crippen LogP contribution in [0.15, 0.2) is 77.1 Å². The number of allylic oxidation sites excluding steroid dienone is 2. The molecule has 38 heavy (non-hydrogen) atoms. The average Bonchev–Trinajstić information content (AvgIpc) is 2.87. The Morgan fingerprint density at radius 2 is 1.37 bits per heavy atom. The predicted molar refractivity (Wildman–Crippen MR) is 138 cm³/mol. The van der Waals surface area contributed by atoms with Crippen molar-refractivity contribution >= 4 is 29.5 Å². The zero-order chi connectivity index (χ0) is 27.7. The third-order valence-electron chi connectivity index (χ3n) is 5.43. The van der Waals surface area contributed by atoms with Gasteiger partial charge in [-0.25, -0.2) is 9.59 Å². The highest BCUT2D eigenvalue weighted by atomic mass is 16.5. The number of hydrogen-bond donors (Lipinski definition) is 2. The van der Waals surface area contributed by atoms with Crippen LogP contribution >= 0.6 is 0 Å². The molecule has 0 saturated carbocycles. The molecule has 2 aromatic rings. The maximum Gasteiger partial charge on any atom is 0.337 e. The third kappa shape index (κ3) is 7.00. The molecule has 1 aliphatic rings. The number of benzene rings is 2. The van der Waals surface area contributed by atoms with Gasteiger partial charge in [0.1, 0.15) is 17.4 Å². The van der Waals surface area contributed by atoms with Crippen LogP contribution in [0.25, 0.3) is 0 Å². The van der Waals surface area contributed by atoms with E-state index in [9.17, 15) is 19.2 Å². The Labute approximate surface area is 220 Å². The second-order valence-corrected chi connectivity index (χ2v) is 8.18. The van der Waals surface area contributed by atoms with E-state index >= 15 is 0 Å². The van der Waals surface area contributed by atoms with Crippen LogP contribution in [0.5, 0.6) is 11.5 Å². The Balaban J connectivity index is 1.73. The van der Waals surface area contributed by atoms with Crippen molar-refractivity contribution in [1.82, 2.24) is 5.32 Å². The lowest BCUT2D eigenvalue weighted by molar-refractivity contribution is -0.153. The molecule has 2 aromatic carbocycles. The van der Waals surface area contributed by atoms with Crippen LogP contribution in [-0.2, 0) is 33.4 Å². The molecule has 0 radical (unpaired) electrons. The van der Waals surface area contributed by atoms with E-state index in [-0.39, 0.29) is 24.4 Å². The minimum Gasteiger partial charge on any atom is -0.463 e. The summed E-state index contributed by atoms with van der Waals surface area (Å²) in [4.78, 5) is 51.2. The van der Waals surface area contributed by atoms with Crippen LogP contribution < -0.4 is 15.4 Å². The summed E-state index contributed by atoms with van der Waals surface area (Å²) in [5.74, 6) is -3.45. The smallest absolute Gasteiger partial charge is 0.337 e. The topological polar surface area (TPSA) is 129 Å². The number of hydrogen-bond acceptors (Lipinski definition) is 9. The van der Waals surface area contributed by atoms with Crippen molar-refractivity contribution in [1.29, 1.82) is 0 Å². The SMILES string of the molecule is CCOC(=O)C1=C(C)NC(C)=C(C(=O)OCC)C1C(=O)OCC(=O)Nc1cccc(Oc2ccccc2)c1. The van der Waals surface area contributed by atoms with Gasteiger partial charge in [-0.3, -0.25) is 9.59 Å². The standard InChI is InChI=1S/C28H30N2O8/c1-5-35-26(32)23-17(3)29-18(4)24(27(33)36-6-2)25(23)28(34)37-16-22(31)30-19-11-10-14-21(15-19)38-20-12-8-7-9-13-20/h7-15,25,29H,5-6,16H2,1-4H3,(H,30,31). The molecule has 3 rings (SSSR count). The van der Waals surface area contributed by atoms with Crippen molar-refractivity contribution in [3.05, 3.63) is 77.1 Å². The van der Waals surface area contributed by atoms with Crippen LogP contribution in [0.4, 0.5) is 5.69 Å². The maximum absolute atomic E-state index is 13.2. The first-order valence-corrected chi connectivity index (χ1v) is 12.1. The maximum atomic E-state index is 13.2. The highest BCUT2D eigenvalue weighted by Gasteiger charge is 2.42. The fourth-order valence-electron chi connectivity index (χ4n) is 3.87. The molecule has 0 fully saturated rings. The van der Waals surface area contributed by atoms with Crippen molar-refractivity contribution in [3.63, 3.8) is 0 Å². The Hall–Kier alpha value is -4.60. The van der Waals surface area contributed by atoms with Gasteiger partial charge in [-0.2, -0.15) is 0 Å². The summed E-state index contributed by atoms with van der Waals surface area (Å²) in [5, 5.41) is 5.56. The van der Waals surface area contributed by atoms with Crippen molar-refractivity contribution in [3.8, 4) is 11.5 Å². The number of amides is 1. The molecule has 1 heterocycles. The summed E-state index contributed by atoms with van der Waals surface area (Å²) >= 11 is 0. The molecular formula is C28H30N2O8. The zero-order valence-electron chi connectivity index (χ0n) is 21.7. The molecule has 0 atom stereocenters. The van der Waals surface area contributed by atoms with E-state index in [4.69, 9.17) is 18.9 Å². The normalized spacial score (nSPS) is 13.4. The van der Waals surface area contributed by atoms with E-state index in [0.717, 1.165) is 0 Å². The molecule has 0 unspecified atom stereocenters. The predicted octanol–water partition coefficient (Wildman–Crippen LogP) is 3.85. The van der Waals surface area contributed by atoms with Crippen LogP contribution in [0.2, 0.25) is 0 Å². The van der Waals surface area contributed by atoms with Gasteiger partial charge in [0.05, 0.1) is 24.4 Å². The van der Waals surface area contributed by atoms with Crippen molar-refractivity contribution in [2.75, 3.05) is 25.1 Å². The minimum absolute atomic E-state index is 0.0598. The van der Waals surface area contributed by atoms with E-state index in [1.54, 1.807) is 64.1 Å². The first-order valence-electron chi connectivity index (χ1n) is 12.1. The van der Waals surface area contributed by atoms with Crippen LogP contribution in [0.3, 0.4) is 0 Å². The van der Waals surface area contributed by atoms with Gasteiger partial charge in [-0.15, -0.1) is 0 Å². The van der Waals surface area contributed by atoms with Crippen LogP contribution in [0, 0.1) is 5.92 Å². The number of carbonyl (C=O) groups excluding carboxylic acids is 4. The summed E-state index contributed by atoms with van der Waals surface area (Å²) in [6.07, 6.45) is 0. The zero-order valence-corrected chi connectivity index (χ0v) is 21.7. The molecule has 10 heteroatoms. The van der Waals surface area contributed by atoms with Crippen molar-refractivity contribution in [2.24, 2.45) is 5.92 Å². The average molecular weight is 523 g/mol. The molecule has 1 amide bonds. The van der Waals surface area contributed by atoms with Crippen LogP contribution in [-0.4, -0.2) is 43.6 Å². The van der Waals surface area contributed by atoms with E-state index in [1.165, 1.54) is 0 Å². The molecular weight excluding hydrogens is 492 g/mol. The van der Waals surface area contributed by atoms with Crippen molar-refractivity contribution in [2.45, 2.75) is 27.7 Å². The molecule has 2 N–H and O–H groups in total. The number of esters is 3. The number of para-hydroxylation sites is 1. The van der Waals surface area contributed by atoms with Gasteiger partial charge in [0.25, 0.3) is 5.91 Å². The Bertz CT molecular complexity index is 1230. The van der Waals surface area contributed by atoms with E-state index in [0.29, 0.717) is 28.6 Å². The van der Waals surface area contributed by atoms with E-state index in [2.05, 4.69) is 10.6 Å². The van der Waals surface area contributed by atoms with Gasteiger partial charge < -0.3 is 29.6 Å². The number of anilines is 1. The molecule has 0 aromatic heterocycles. The van der Waals surface area contributed by atoms with Gasteiger partial charge >= 0.3 is 17.9 Å². The fourth-order valence-corrected chi connectivity index (χ4v) is 3.87. The largest absolute Gasteiger partial charge is 0.463 e. The lowest BCUT2D eigenvalue weighted by atomic mass is 9.85. The minimum atomic E-state index is -1.43. The summed E-state index contributed by atoms with van der Waals surface area (Å²) in [6, 6.07) is 15.9. The summed E-state index contributed by atoms with van der Waals surface area (Å²) < 4.78 is 21.2. The van der Waals surface area contributed by atoms with Gasteiger partial charge in [0.2, 0.25) is 0 Å². The molecule has 10 nitrogen and oxygen atoms in total. The lowest BCUT2D eigenvalue weighted by Gasteiger charge is -2.28. The molecule has 0 spiro atoms. The Kier molecular flexibility index (Phi) is 9.64. The summed E-state index contributed by atoms with van der Waals surface area (Å²) in [7, 11) is 0. The number of dihydropyridines is 1. The van der Waals surface area contributed by atoms with Crippen LogP contribution in [0.1, 0.15) is 27.7 Å². The highest BCUT2D eigenvalue weighted by molar-refractivity contribution is 6.06. The molecule has 0 aliphatic carbocycles. The Morgan fingerprint density at radius 3 is 1.95 bits per heavy atom. The lowest BCUT2D eigenvalue weighted by Crippen LogP contribution is -2.39. The third-order valence-corrected chi connectivity index (χ3v) is 5.43. The van der Waals surface area contributed by atoms with Gasteiger partial charge in [0, 0.05) is 23.1 Å². The monoisotopic (exact) mass is 522 g/mol. The van der Waals surface area contributed by atoms with Gasteiger partial charge in [0.15, 0.2) is 6.61 Å². The van der Waals surface area contributed by atoms with Gasteiger partial charge in [-0.1, -0.05) is 24.3 Å². The quantitative estimate of drug-likeness (QED) is 0.353. The first-order chi connectivity index (χ1) is 18.2. The summed E-state index contributed by atoms with van der Waals surface area (Å²) in [5.41, 5.74) is 0.909. The van der Waals surface area contributed by atoms with E-state index < -0.39 is 36.3 Å². The molecule has 0 saturated heterocycles. The highest BCUT2D eigenvalue weighted by Crippen LogP contribution is 2.32. The van der Waals surface area contributed by atoms with Gasteiger partial charge in [-0.05, 0) is 52.0 Å². The second kappa shape index (κ2) is 13.1.